The van der Waals surface area contributed by atoms with Crippen molar-refractivity contribution in [2.45, 2.75) is 150 Å². The van der Waals surface area contributed by atoms with Gasteiger partial charge in [0.1, 0.15) is 12.2 Å². The molecule has 2 saturated carbocycles. The van der Waals surface area contributed by atoms with Crippen molar-refractivity contribution in [3.05, 3.63) is 0 Å². The Hall–Kier alpha value is -2.14. The fourth-order valence-corrected chi connectivity index (χ4v) is 8.93. The third kappa shape index (κ3) is 9.25. The first-order chi connectivity index (χ1) is 22.1. The van der Waals surface area contributed by atoms with Crippen LogP contribution in [-0.2, 0) is 34.0 Å². The second kappa shape index (κ2) is 14.0. The summed E-state index contributed by atoms with van der Waals surface area (Å²) in [5, 5.41) is 12.2. The van der Waals surface area contributed by atoms with Crippen LogP contribution in [0.15, 0.2) is 0 Å². The van der Waals surface area contributed by atoms with Crippen LogP contribution in [0.4, 0.5) is 26.3 Å². The molecule has 6 unspecified atom stereocenters. The third-order valence-electron chi connectivity index (χ3n) is 11.2. The van der Waals surface area contributed by atoms with E-state index in [4.69, 9.17) is 9.47 Å². The molecule has 3 N–H and O–H groups in total. The Kier molecular flexibility index (Phi) is 12.3. The molecule has 6 atom stereocenters. The Balaban J connectivity index is 2.45. The summed E-state index contributed by atoms with van der Waals surface area (Å²) in [5.74, 6) is -4.45. The average molecular weight is 754 g/mol. The van der Waals surface area contributed by atoms with Gasteiger partial charge in [0, 0.05) is 17.8 Å². The molecule has 0 heterocycles. The highest BCUT2D eigenvalue weighted by Gasteiger charge is 2.71. The summed E-state index contributed by atoms with van der Waals surface area (Å²) in [4.78, 5) is 41.0. The molecule has 2 aliphatic carbocycles. The van der Waals surface area contributed by atoms with Crippen molar-refractivity contribution in [2.75, 3.05) is 5.75 Å². The van der Waals surface area contributed by atoms with E-state index in [-0.39, 0.29) is 17.3 Å². The summed E-state index contributed by atoms with van der Waals surface area (Å²) >= 11 is 0. The monoisotopic (exact) mass is 753 g/mol. The lowest BCUT2D eigenvalue weighted by molar-refractivity contribution is -0.373. The van der Waals surface area contributed by atoms with Gasteiger partial charge in [0.2, 0.25) is 5.91 Å². The number of halogens is 6. The Morgan fingerprint density at radius 3 is 1.86 bits per heavy atom. The van der Waals surface area contributed by atoms with Crippen LogP contribution in [0.5, 0.6) is 0 Å². The third-order valence-corrected chi connectivity index (χ3v) is 12.3. The van der Waals surface area contributed by atoms with Gasteiger partial charge in [-0.2, -0.15) is 34.8 Å². The number of carbonyl (C=O) groups excluding carboxylic acids is 3. The molecule has 2 bridgehead atoms. The minimum absolute atomic E-state index is 0.0237. The fourth-order valence-electron chi connectivity index (χ4n) is 7.94. The van der Waals surface area contributed by atoms with Crippen LogP contribution in [0.2, 0.25) is 0 Å². The van der Waals surface area contributed by atoms with E-state index >= 15 is 0 Å². The summed E-state index contributed by atoms with van der Waals surface area (Å²) in [5.41, 5.74) is -10.5. The Morgan fingerprint density at radius 2 is 1.46 bits per heavy atom. The molecule has 0 aromatic rings. The van der Waals surface area contributed by atoms with Gasteiger partial charge in [-0.25, -0.2) is 0 Å². The second-order valence-electron chi connectivity index (χ2n) is 16.8. The molecule has 0 aromatic carbocycles. The van der Waals surface area contributed by atoms with Crippen molar-refractivity contribution < 1.29 is 68.3 Å². The van der Waals surface area contributed by atoms with E-state index in [0.29, 0.717) is 12.3 Å². The first-order valence-electron chi connectivity index (χ1n) is 16.6. The maximum absolute atomic E-state index is 13.8. The van der Waals surface area contributed by atoms with Crippen molar-refractivity contribution in [1.29, 1.82) is 0 Å². The summed E-state index contributed by atoms with van der Waals surface area (Å²) in [6.45, 7) is 15.4. The molecule has 0 radical (unpaired) electrons. The number of esters is 2. The van der Waals surface area contributed by atoms with Crippen LogP contribution >= 0.6 is 0 Å². The van der Waals surface area contributed by atoms with Crippen LogP contribution in [0, 0.1) is 33.5 Å². The van der Waals surface area contributed by atoms with Crippen LogP contribution < -0.4 is 5.32 Å². The standard InChI is InChI=1S/C33H53F6NO9S/c1-11-20(23(41)40-27(5,6)18-50(45,46)47)16-29(9,25(43)48-19(2)15-31(44,32(34,35)36)33(37,38)39)17-26(3,4)24(42)49-22-14-21-12-13-30(22,10)28(21,7)8/h19-22,44H,11-18H2,1-10H3,(H,40,41)(H,45,46,47). The zero-order chi connectivity index (χ0) is 39.3. The maximum atomic E-state index is 13.8. The molecule has 50 heavy (non-hydrogen) atoms. The molecular formula is C33H53F6NO9S. The van der Waals surface area contributed by atoms with Gasteiger partial charge in [0.15, 0.2) is 0 Å². The molecular weight excluding hydrogens is 700 g/mol. The van der Waals surface area contributed by atoms with Gasteiger partial charge in [-0.15, -0.1) is 0 Å². The summed E-state index contributed by atoms with van der Waals surface area (Å²) in [6.07, 6.45) is -15.4. The quantitative estimate of drug-likeness (QED) is 0.0960. The largest absolute Gasteiger partial charge is 0.462 e. The number of nitrogens with one attached hydrogen (secondary N) is 1. The van der Waals surface area contributed by atoms with Crippen molar-refractivity contribution in [1.82, 2.24) is 5.32 Å². The van der Waals surface area contributed by atoms with Gasteiger partial charge >= 0.3 is 24.3 Å². The van der Waals surface area contributed by atoms with Gasteiger partial charge < -0.3 is 19.9 Å². The van der Waals surface area contributed by atoms with Crippen molar-refractivity contribution in [3.8, 4) is 0 Å². The lowest BCUT2D eigenvalue weighted by Crippen LogP contribution is -2.58. The first-order valence-corrected chi connectivity index (χ1v) is 18.2. The molecule has 2 fully saturated rings. The minimum Gasteiger partial charge on any atom is -0.462 e. The Bertz CT molecular complexity index is 1380. The molecule has 0 aromatic heterocycles. The molecule has 2 rings (SSSR count). The van der Waals surface area contributed by atoms with E-state index in [0.717, 1.165) is 19.8 Å². The number of alkyl halides is 6. The van der Waals surface area contributed by atoms with Crippen LogP contribution in [0.25, 0.3) is 0 Å². The number of rotatable bonds is 15. The molecule has 0 spiro atoms. The van der Waals surface area contributed by atoms with Gasteiger partial charge in [0.25, 0.3) is 15.7 Å². The number of fused-ring (bicyclic) bond motifs is 2. The Morgan fingerprint density at radius 1 is 0.940 bits per heavy atom. The SMILES string of the molecule is CCC(CC(C)(CC(C)(C)C(=O)OC1CC2CCC1(C)C2(C)C)C(=O)OC(C)CC(O)(C(F)(F)F)C(F)(F)F)C(=O)NC(C)(C)CS(=O)(=O)O. The van der Waals surface area contributed by atoms with E-state index in [1.165, 1.54) is 34.6 Å². The maximum Gasteiger partial charge on any atom is 0.426 e. The molecule has 17 heteroatoms. The van der Waals surface area contributed by atoms with Crippen LogP contribution in [0.1, 0.15) is 114 Å². The number of ether oxygens (including phenoxy) is 2. The zero-order valence-corrected chi connectivity index (χ0v) is 31.2. The van der Waals surface area contributed by atoms with E-state index < -0.39 is 105 Å². The molecule has 0 saturated heterocycles. The molecule has 1 amide bonds. The lowest BCUT2D eigenvalue weighted by Gasteiger charge is -2.41. The van der Waals surface area contributed by atoms with Crippen molar-refractivity contribution in [3.63, 3.8) is 0 Å². The molecule has 0 aliphatic heterocycles. The van der Waals surface area contributed by atoms with Gasteiger partial charge in [-0.1, -0.05) is 27.7 Å². The number of amides is 1. The van der Waals surface area contributed by atoms with Crippen LogP contribution in [0.3, 0.4) is 0 Å². The number of aliphatic hydroxyl groups is 1. The highest BCUT2D eigenvalue weighted by molar-refractivity contribution is 7.85. The summed E-state index contributed by atoms with van der Waals surface area (Å²) < 4.78 is 124. The summed E-state index contributed by atoms with van der Waals surface area (Å²) in [7, 11) is -4.54. The topological polar surface area (TPSA) is 156 Å². The van der Waals surface area contributed by atoms with E-state index in [1.54, 1.807) is 6.92 Å². The zero-order valence-electron chi connectivity index (χ0n) is 30.4. The smallest absolute Gasteiger partial charge is 0.426 e. The van der Waals surface area contributed by atoms with Gasteiger partial charge in [-0.05, 0) is 91.4 Å². The second-order valence-corrected chi connectivity index (χ2v) is 18.3. The predicted molar refractivity (Wildman–Crippen MR) is 170 cm³/mol. The van der Waals surface area contributed by atoms with Gasteiger partial charge in [-0.3, -0.25) is 18.9 Å². The van der Waals surface area contributed by atoms with E-state index in [1.807, 2.05) is 6.92 Å². The molecule has 2 aliphatic rings. The number of hydrogen-bond donors (Lipinski definition) is 3. The molecule has 10 nitrogen and oxygen atoms in total. The van der Waals surface area contributed by atoms with Crippen molar-refractivity contribution >= 4 is 28.0 Å². The molecule has 292 valence electrons. The Labute approximate surface area is 290 Å². The number of carbonyl (C=O) groups is 3. The highest BCUT2D eigenvalue weighted by atomic mass is 32.2. The first kappa shape index (κ1) is 44.0. The van der Waals surface area contributed by atoms with Gasteiger partial charge in [0.05, 0.1) is 22.1 Å². The van der Waals surface area contributed by atoms with E-state index in [2.05, 4.69) is 19.2 Å². The average Bonchev–Trinajstić information content (AvgIpc) is 3.21. The van der Waals surface area contributed by atoms with Crippen LogP contribution in [-0.4, -0.2) is 77.4 Å². The number of hydrogen-bond acceptors (Lipinski definition) is 8. The minimum atomic E-state index is -6.16. The predicted octanol–water partition coefficient (Wildman–Crippen LogP) is 6.54. The van der Waals surface area contributed by atoms with E-state index in [9.17, 15) is 58.8 Å². The summed E-state index contributed by atoms with van der Waals surface area (Å²) in [6, 6.07) is 0. The van der Waals surface area contributed by atoms with Crippen molar-refractivity contribution in [2.24, 2.45) is 33.5 Å². The highest BCUT2D eigenvalue weighted by Crippen LogP contribution is 2.66. The fraction of sp³-hybridized carbons (Fsp3) is 0.909. The lowest BCUT2D eigenvalue weighted by atomic mass is 9.68. The normalized spacial score (nSPS) is 25.4.